The maximum atomic E-state index is 11.0. The summed E-state index contributed by atoms with van der Waals surface area (Å²) in [6, 6.07) is 4.87. The van der Waals surface area contributed by atoms with Crippen LogP contribution in [0.2, 0.25) is 0 Å². The first kappa shape index (κ1) is 13.6. The lowest BCUT2D eigenvalue weighted by Gasteiger charge is -2.39. The molecule has 100 valence electrons. The van der Waals surface area contributed by atoms with E-state index in [9.17, 15) is 4.79 Å². The predicted molar refractivity (Wildman–Crippen MR) is 74.1 cm³/mol. The molecular weight excluding hydrogens is 246 g/mol. The zero-order valence-electron chi connectivity index (χ0n) is 11.1. The molecule has 0 bridgehead atoms. The largest absolute Gasteiger partial charge is 0.481 e. The number of thiophene rings is 1. The highest BCUT2D eigenvalue weighted by atomic mass is 32.1. The lowest BCUT2D eigenvalue weighted by Crippen LogP contribution is -2.42. The highest BCUT2D eigenvalue weighted by Gasteiger charge is 2.29. The summed E-state index contributed by atoms with van der Waals surface area (Å²) >= 11 is 1.82. The number of piperidine rings is 1. The normalized spacial score (nSPS) is 22.9. The molecule has 1 saturated heterocycles. The van der Waals surface area contributed by atoms with Gasteiger partial charge in [-0.3, -0.25) is 9.69 Å². The molecule has 0 spiro atoms. The van der Waals surface area contributed by atoms with Crippen LogP contribution < -0.4 is 0 Å². The topological polar surface area (TPSA) is 40.5 Å². The van der Waals surface area contributed by atoms with Crippen LogP contribution in [0, 0.1) is 6.92 Å². The Hall–Kier alpha value is -0.870. The van der Waals surface area contributed by atoms with Crippen LogP contribution in [0.15, 0.2) is 12.1 Å². The van der Waals surface area contributed by atoms with Crippen molar-refractivity contribution in [2.24, 2.45) is 0 Å². The van der Waals surface area contributed by atoms with Crippen molar-refractivity contribution in [3.8, 4) is 0 Å². The number of rotatable bonds is 4. The summed E-state index contributed by atoms with van der Waals surface area (Å²) in [7, 11) is 0. The van der Waals surface area contributed by atoms with Gasteiger partial charge in [-0.15, -0.1) is 11.3 Å². The molecule has 0 saturated carbocycles. The zero-order valence-corrected chi connectivity index (χ0v) is 11.9. The molecule has 4 heteroatoms. The Morgan fingerprint density at radius 1 is 1.56 bits per heavy atom. The van der Waals surface area contributed by atoms with Crippen LogP contribution in [-0.2, 0) is 4.79 Å². The Morgan fingerprint density at radius 3 is 2.94 bits per heavy atom. The third-order valence-electron chi connectivity index (χ3n) is 3.75. The second-order valence-electron chi connectivity index (χ2n) is 5.11. The minimum atomic E-state index is -0.679. The Morgan fingerprint density at radius 2 is 2.33 bits per heavy atom. The first-order chi connectivity index (χ1) is 8.58. The molecule has 1 aromatic heterocycles. The summed E-state index contributed by atoms with van der Waals surface area (Å²) in [4.78, 5) is 16.0. The van der Waals surface area contributed by atoms with Crippen LogP contribution in [-0.4, -0.2) is 28.6 Å². The van der Waals surface area contributed by atoms with E-state index < -0.39 is 5.97 Å². The van der Waals surface area contributed by atoms with E-state index in [4.69, 9.17) is 5.11 Å². The van der Waals surface area contributed by atoms with Crippen LogP contribution in [0.25, 0.3) is 0 Å². The molecule has 2 unspecified atom stereocenters. The number of hydrogen-bond acceptors (Lipinski definition) is 3. The number of aryl methyl sites for hydroxylation is 1. The second-order valence-corrected chi connectivity index (χ2v) is 6.43. The molecule has 3 nitrogen and oxygen atoms in total. The molecule has 2 atom stereocenters. The molecule has 0 radical (unpaired) electrons. The fourth-order valence-electron chi connectivity index (χ4n) is 2.79. The van der Waals surface area contributed by atoms with Gasteiger partial charge in [0.25, 0.3) is 0 Å². The standard InChI is InChI=1S/C14H21NO2S/c1-10-6-7-13(18-10)11(2)15-8-4-3-5-12(15)9-14(16)17/h6-7,11-12H,3-5,8-9H2,1-2H3,(H,16,17). The van der Waals surface area contributed by atoms with Crippen molar-refractivity contribution >= 4 is 17.3 Å². The van der Waals surface area contributed by atoms with Crippen molar-refractivity contribution in [1.82, 2.24) is 4.90 Å². The third kappa shape index (κ3) is 3.12. The molecule has 0 amide bonds. The molecule has 0 aliphatic carbocycles. The van der Waals surface area contributed by atoms with E-state index >= 15 is 0 Å². The average molecular weight is 267 g/mol. The van der Waals surface area contributed by atoms with Gasteiger partial charge in [-0.05, 0) is 45.4 Å². The fourth-order valence-corrected chi connectivity index (χ4v) is 3.74. The molecule has 1 aromatic rings. The van der Waals surface area contributed by atoms with Gasteiger partial charge in [-0.1, -0.05) is 6.42 Å². The van der Waals surface area contributed by atoms with Gasteiger partial charge in [0, 0.05) is 21.8 Å². The first-order valence-corrected chi connectivity index (χ1v) is 7.43. The summed E-state index contributed by atoms with van der Waals surface area (Å²) < 4.78 is 0. The van der Waals surface area contributed by atoms with Gasteiger partial charge < -0.3 is 5.11 Å². The van der Waals surface area contributed by atoms with Gasteiger partial charge in [0.15, 0.2) is 0 Å². The molecule has 18 heavy (non-hydrogen) atoms. The second kappa shape index (κ2) is 5.85. The van der Waals surface area contributed by atoms with Crippen molar-refractivity contribution in [1.29, 1.82) is 0 Å². The molecule has 2 rings (SSSR count). The number of nitrogens with zero attached hydrogens (tertiary/aromatic N) is 1. The monoisotopic (exact) mass is 267 g/mol. The van der Waals surface area contributed by atoms with Gasteiger partial charge >= 0.3 is 5.97 Å². The van der Waals surface area contributed by atoms with E-state index in [2.05, 4.69) is 30.9 Å². The number of aliphatic carboxylic acids is 1. The average Bonchev–Trinajstić information content (AvgIpc) is 2.75. The number of carboxylic acid groups (broad SMARTS) is 1. The van der Waals surface area contributed by atoms with Crippen LogP contribution >= 0.6 is 11.3 Å². The van der Waals surface area contributed by atoms with Gasteiger partial charge in [0.2, 0.25) is 0 Å². The summed E-state index contributed by atoms with van der Waals surface area (Å²) in [5.41, 5.74) is 0. The summed E-state index contributed by atoms with van der Waals surface area (Å²) in [6.07, 6.45) is 3.63. The van der Waals surface area contributed by atoms with Crippen LogP contribution in [0.5, 0.6) is 0 Å². The van der Waals surface area contributed by atoms with E-state index in [1.54, 1.807) is 0 Å². The predicted octanol–water partition coefficient (Wildman–Crippen LogP) is 3.45. The minimum absolute atomic E-state index is 0.202. The Bertz CT molecular complexity index is 416. The van der Waals surface area contributed by atoms with Gasteiger partial charge in [-0.2, -0.15) is 0 Å². The lowest BCUT2D eigenvalue weighted by atomic mass is 9.97. The number of hydrogen-bond donors (Lipinski definition) is 1. The van der Waals surface area contributed by atoms with Crippen molar-refractivity contribution in [2.75, 3.05) is 6.54 Å². The minimum Gasteiger partial charge on any atom is -0.481 e. The van der Waals surface area contributed by atoms with E-state index in [-0.39, 0.29) is 12.5 Å². The van der Waals surface area contributed by atoms with Crippen molar-refractivity contribution in [3.63, 3.8) is 0 Å². The third-order valence-corrected chi connectivity index (χ3v) is 4.92. The highest BCUT2D eigenvalue weighted by molar-refractivity contribution is 7.12. The van der Waals surface area contributed by atoms with E-state index in [1.807, 2.05) is 11.3 Å². The molecule has 0 aromatic carbocycles. The summed E-state index contributed by atoms with van der Waals surface area (Å²) in [5, 5.41) is 9.02. The Balaban J connectivity index is 2.10. The van der Waals surface area contributed by atoms with Gasteiger partial charge in [0.05, 0.1) is 6.42 Å². The zero-order chi connectivity index (χ0) is 13.1. The van der Waals surface area contributed by atoms with Crippen LogP contribution in [0.4, 0.5) is 0 Å². The van der Waals surface area contributed by atoms with Crippen LogP contribution in [0.3, 0.4) is 0 Å². The number of carbonyl (C=O) groups is 1. The number of carboxylic acids is 1. The molecule has 1 N–H and O–H groups in total. The number of likely N-dealkylation sites (tertiary alicyclic amines) is 1. The highest BCUT2D eigenvalue weighted by Crippen LogP contribution is 2.33. The summed E-state index contributed by atoms with van der Waals surface area (Å²) in [5.74, 6) is -0.679. The van der Waals surface area contributed by atoms with Crippen molar-refractivity contribution < 1.29 is 9.90 Å². The first-order valence-electron chi connectivity index (χ1n) is 6.62. The Labute approximate surface area is 112 Å². The molecule has 1 aliphatic rings. The van der Waals surface area contributed by atoms with Gasteiger partial charge in [-0.25, -0.2) is 0 Å². The van der Waals surface area contributed by atoms with E-state index in [0.29, 0.717) is 6.04 Å². The summed E-state index contributed by atoms with van der Waals surface area (Å²) in [6.45, 7) is 5.34. The Kier molecular flexibility index (Phi) is 4.40. The van der Waals surface area contributed by atoms with Crippen LogP contribution in [0.1, 0.15) is 48.4 Å². The van der Waals surface area contributed by atoms with E-state index in [1.165, 1.54) is 16.2 Å². The molecular formula is C14H21NO2S. The van der Waals surface area contributed by atoms with Crippen molar-refractivity contribution in [3.05, 3.63) is 21.9 Å². The lowest BCUT2D eigenvalue weighted by molar-refractivity contribution is -0.139. The maximum Gasteiger partial charge on any atom is 0.304 e. The van der Waals surface area contributed by atoms with Gasteiger partial charge in [0.1, 0.15) is 0 Å². The van der Waals surface area contributed by atoms with E-state index in [0.717, 1.165) is 19.4 Å². The SMILES string of the molecule is Cc1ccc(C(C)N2CCCCC2CC(=O)O)s1. The molecule has 1 aliphatic heterocycles. The quantitative estimate of drug-likeness (QED) is 0.908. The van der Waals surface area contributed by atoms with Crippen molar-refractivity contribution in [2.45, 2.75) is 51.6 Å². The maximum absolute atomic E-state index is 11.0. The fraction of sp³-hybridized carbons (Fsp3) is 0.643. The molecule has 1 fully saturated rings. The molecule has 2 heterocycles. The smallest absolute Gasteiger partial charge is 0.304 e.